The van der Waals surface area contributed by atoms with E-state index < -0.39 is 0 Å². The minimum atomic E-state index is 0.436. The Kier molecular flexibility index (Phi) is 3.81. The summed E-state index contributed by atoms with van der Waals surface area (Å²) >= 11 is 0. The van der Waals surface area contributed by atoms with E-state index in [1.807, 2.05) is 6.92 Å². The zero-order valence-corrected chi connectivity index (χ0v) is 11.2. The van der Waals surface area contributed by atoms with Crippen LogP contribution in [0.1, 0.15) is 19.8 Å². The summed E-state index contributed by atoms with van der Waals surface area (Å²) in [6.07, 6.45) is 3.97. The summed E-state index contributed by atoms with van der Waals surface area (Å²) < 4.78 is 0. The lowest BCUT2D eigenvalue weighted by molar-refractivity contribution is 0.176. The van der Waals surface area contributed by atoms with Crippen LogP contribution in [0.4, 0.5) is 0 Å². The summed E-state index contributed by atoms with van der Waals surface area (Å²) in [5.41, 5.74) is 0. The largest absolute Gasteiger partial charge is 0.324 e. The normalized spacial score (nSPS) is 23.0. The molecule has 0 radical (unpaired) electrons. The van der Waals surface area contributed by atoms with Gasteiger partial charge in [-0.25, -0.2) is 9.98 Å². The van der Waals surface area contributed by atoms with Crippen LogP contribution in [0.25, 0.3) is 0 Å². The van der Waals surface area contributed by atoms with Crippen molar-refractivity contribution in [3.8, 4) is 0 Å². The minimum absolute atomic E-state index is 0.436. The Morgan fingerprint density at radius 3 is 2.61 bits per heavy atom. The molecule has 0 saturated carbocycles. The van der Waals surface area contributed by atoms with Gasteiger partial charge < -0.3 is 15.1 Å². The Hall–Kier alpha value is -1.62. The van der Waals surface area contributed by atoms with Crippen LogP contribution in [0.3, 0.4) is 0 Å². The number of nitrogens with one attached hydrogen (secondary N) is 1. The molecule has 1 saturated heterocycles. The van der Waals surface area contributed by atoms with E-state index in [0.29, 0.717) is 6.04 Å². The summed E-state index contributed by atoms with van der Waals surface area (Å²) in [7, 11) is 2.16. The van der Waals surface area contributed by atoms with Gasteiger partial charge in [0.2, 0.25) is 0 Å². The van der Waals surface area contributed by atoms with Crippen molar-refractivity contribution in [3.63, 3.8) is 0 Å². The molecule has 5 heteroatoms. The lowest BCUT2D eigenvalue weighted by Crippen LogP contribution is -2.42. The lowest BCUT2D eigenvalue weighted by atomic mass is 10.0. The minimum Gasteiger partial charge on any atom is -0.324 e. The molecule has 0 unspecified atom stereocenters. The number of hydrogen-bond donors (Lipinski definition) is 1. The number of rotatable bonds is 3. The van der Waals surface area contributed by atoms with Crippen LogP contribution < -0.4 is 5.32 Å². The first kappa shape index (κ1) is 12.8. The monoisotopic (exact) mass is 247 g/mol. The van der Waals surface area contributed by atoms with E-state index in [2.05, 4.69) is 45.4 Å². The molecule has 0 amide bonds. The number of piperidine rings is 1. The molecule has 0 bridgehead atoms. The van der Waals surface area contributed by atoms with Crippen LogP contribution >= 0.6 is 0 Å². The fourth-order valence-electron chi connectivity index (χ4n) is 2.51. The Bertz CT molecular complexity index is 402. The molecule has 98 valence electrons. The molecular formula is C13H21N5. The average molecular weight is 247 g/mol. The van der Waals surface area contributed by atoms with E-state index in [-0.39, 0.29) is 0 Å². The van der Waals surface area contributed by atoms with Crippen LogP contribution in [0.2, 0.25) is 0 Å². The summed E-state index contributed by atoms with van der Waals surface area (Å²) in [6, 6.07) is 0.436. The van der Waals surface area contributed by atoms with Crippen LogP contribution in [0.5, 0.6) is 0 Å². The SMILES string of the molecule is C=NC1=C(/N=C\C)NC(=C)N1C1CCN(C)CC1. The molecular weight excluding hydrogens is 226 g/mol. The molecule has 1 N–H and O–H groups in total. The van der Waals surface area contributed by atoms with Crippen LogP contribution in [0, 0.1) is 0 Å². The second kappa shape index (κ2) is 5.35. The van der Waals surface area contributed by atoms with Gasteiger partial charge in [-0.05, 0) is 46.6 Å². The van der Waals surface area contributed by atoms with Crippen molar-refractivity contribution < 1.29 is 0 Å². The molecule has 0 atom stereocenters. The molecule has 0 aromatic heterocycles. The van der Waals surface area contributed by atoms with E-state index >= 15 is 0 Å². The molecule has 2 heterocycles. The molecule has 2 rings (SSSR count). The van der Waals surface area contributed by atoms with Gasteiger partial charge >= 0.3 is 0 Å². The molecule has 0 aromatic carbocycles. The molecule has 0 spiro atoms. The van der Waals surface area contributed by atoms with E-state index in [9.17, 15) is 0 Å². The fourth-order valence-corrected chi connectivity index (χ4v) is 2.51. The molecule has 18 heavy (non-hydrogen) atoms. The van der Waals surface area contributed by atoms with Crippen molar-refractivity contribution in [2.24, 2.45) is 9.98 Å². The molecule has 1 fully saturated rings. The number of likely N-dealkylation sites (tertiary alicyclic amines) is 1. The van der Waals surface area contributed by atoms with Crippen LogP contribution in [-0.2, 0) is 0 Å². The van der Waals surface area contributed by atoms with E-state index in [1.54, 1.807) is 6.21 Å². The maximum absolute atomic E-state index is 4.28. The second-order valence-corrected chi connectivity index (χ2v) is 4.69. The Morgan fingerprint density at radius 1 is 1.39 bits per heavy atom. The van der Waals surface area contributed by atoms with Gasteiger partial charge in [-0.2, -0.15) is 0 Å². The molecule has 0 aliphatic carbocycles. The highest BCUT2D eigenvalue weighted by atomic mass is 15.4. The Morgan fingerprint density at radius 2 is 2.06 bits per heavy atom. The van der Waals surface area contributed by atoms with Gasteiger partial charge in [-0.3, -0.25) is 0 Å². The third-order valence-corrected chi connectivity index (χ3v) is 3.45. The first-order chi connectivity index (χ1) is 8.67. The summed E-state index contributed by atoms with van der Waals surface area (Å²) in [5.74, 6) is 2.40. The smallest absolute Gasteiger partial charge is 0.177 e. The highest BCUT2D eigenvalue weighted by Crippen LogP contribution is 2.30. The average Bonchev–Trinajstić information content (AvgIpc) is 2.67. The topological polar surface area (TPSA) is 43.2 Å². The predicted octanol–water partition coefficient (Wildman–Crippen LogP) is 1.37. The third-order valence-electron chi connectivity index (χ3n) is 3.45. The first-order valence-corrected chi connectivity index (χ1v) is 6.30. The van der Waals surface area contributed by atoms with Crippen molar-refractivity contribution in [2.45, 2.75) is 25.8 Å². The highest BCUT2D eigenvalue weighted by Gasteiger charge is 2.32. The summed E-state index contributed by atoms with van der Waals surface area (Å²) in [6.45, 7) is 11.8. The second-order valence-electron chi connectivity index (χ2n) is 4.69. The molecule has 2 aliphatic heterocycles. The van der Waals surface area contributed by atoms with Gasteiger partial charge in [0.25, 0.3) is 0 Å². The van der Waals surface area contributed by atoms with E-state index in [1.165, 1.54) is 0 Å². The maximum Gasteiger partial charge on any atom is 0.177 e. The zero-order chi connectivity index (χ0) is 13.1. The molecule has 2 aliphatic rings. The molecule has 0 aromatic rings. The Balaban J connectivity index is 2.20. The van der Waals surface area contributed by atoms with Crippen molar-refractivity contribution in [3.05, 3.63) is 24.0 Å². The quantitative estimate of drug-likeness (QED) is 0.766. The predicted molar refractivity (Wildman–Crippen MR) is 75.4 cm³/mol. The summed E-state index contributed by atoms with van der Waals surface area (Å²) in [5, 5.41) is 3.18. The van der Waals surface area contributed by atoms with Crippen LogP contribution in [-0.4, -0.2) is 48.9 Å². The highest BCUT2D eigenvalue weighted by molar-refractivity contribution is 5.56. The number of aliphatic imine (C=N–C) groups is 2. The van der Waals surface area contributed by atoms with Gasteiger partial charge in [0.15, 0.2) is 11.6 Å². The third kappa shape index (κ3) is 2.31. The maximum atomic E-state index is 4.28. The van der Waals surface area contributed by atoms with E-state index in [4.69, 9.17) is 0 Å². The van der Waals surface area contributed by atoms with Crippen molar-refractivity contribution in [1.82, 2.24) is 15.1 Å². The van der Waals surface area contributed by atoms with Gasteiger partial charge in [0, 0.05) is 12.3 Å². The van der Waals surface area contributed by atoms with Crippen molar-refractivity contribution >= 4 is 12.9 Å². The van der Waals surface area contributed by atoms with Crippen molar-refractivity contribution in [1.29, 1.82) is 0 Å². The van der Waals surface area contributed by atoms with Crippen molar-refractivity contribution in [2.75, 3.05) is 20.1 Å². The fraction of sp³-hybridized carbons (Fsp3) is 0.538. The van der Waals surface area contributed by atoms with Crippen LogP contribution in [0.15, 0.2) is 34.0 Å². The number of nitrogens with zero attached hydrogens (tertiary/aromatic N) is 4. The summed E-state index contributed by atoms with van der Waals surface area (Å²) in [4.78, 5) is 12.9. The van der Waals surface area contributed by atoms with Gasteiger partial charge in [-0.1, -0.05) is 6.58 Å². The van der Waals surface area contributed by atoms with Gasteiger partial charge in [-0.15, -0.1) is 0 Å². The van der Waals surface area contributed by atoms with Gasteiger partial charge in [0.05, 0.1) is 0 Å². The first-order valence-electron chi connectivity index (χ1n) is 6.30. The molecule has 5 nitrogen and oxygen atoms in total. The number of hydrogen-bond acceptors (Lipinski definition) is 5. The van der Waals surface area contributed by atoms with E-state index in [0.717, 1.165) is 43.4 Å². The standard InChI is InChI=1S/C13H21N5/c1-5-15-12-13(14-3)18(10(2)16-12)11-6-8-17(4)9-7-11/h5,11,16H,2-3,6-9H2,1,4H3/b15-5-. The Labute approximate surface area is 109 Å². The lowest BCUT2D eigenvalue weighted by Gasteiger charge is -2.36. The zero-order valence-electron chi connectivity index (χ0n) is 11.2. The van der Waals surface area contributed by atoms with Gasteiger partial charge in [0.1, 0.15) is 5.82 Å².